The molecule has 84 valence electrons. The van der Waals surface area contributed by atoms with E-state index in [4.69, 9.17) is 4.98 Å². The number of aromatic nitrogens is 1. The van der Waals surface area contributed by atoms with Crippen LogP contribution in [0.4, 0.5) is 0 Å². The fourth-order valence-corrected chi connectivity index (χ4v) is 3.09. The van der Waals surface area contributed by atoms with Gasteiger partial charge in [0.1, 0.15) is 0 Å². The van der Waals surface area contributed by atoms with E-state index in [9.17, 15) is 0 Å². The quantitative estimate of drug-likeness (QED) is 0.832. The Morgan fingerprint density at radius 3 is 2.73 bits per heavy atom. The molecule has 2 rings (SSSR count). The molecule has 1 heterocycles. The van der Waals surface area contributed by atoms with Gasteiger partial charge in [-0.05, 0) is 31.2 Å². The summed E-state index contributed by atoms with van der Waals surface area (Å²) in [5.41, 5.74) is 1.80. The Morgan fingerprint density at radius 1 is 1.53 bits per heavy atom. The maximum absolute atomic E-state index is 4.71. The van der Waals surface area contributed by atoms with E-state index in [1.54, 1.807) is 0 Å². The van der Waals surface area contributed by atoms with Gasteiger partial charge in [-0.1, -0.05) is 13.8 Å². The molecule has 1 aliphatic rings. The number of hydrogen-bond donors (Lipinski definition) is 1. The summed E-state index contributed by atoms with van der Waals surface area (Å²) in [7, 11) is 2.04. The molecular formula is C12H20N2S. The molecule has 1 aliphatic carbocycles. The number of nitrogens with zero attached hydrogens (tertiary/aromatic N) is 1. The first-order valence-corrected chi connectivity index (χ1v) is 6.62. The van der Waals surface area contributed by atoms with Crippen molar-refractivity contribution in [2.75, 3.05) is 13.6 Å². The van der Waals surface area contributed by atoms with Crippen LogP contribution >= 0.6 is 11.3 Å². The van der Waals surface area contributed by atoms with Crippen LogP contribution in [0.5, 0.6) is 0 Å². The van der Waals surface area contributed by atoms with E-state index in [0.29, 0.717) is 11.3 Å². The highest BCUT2D eigenvalue weighted by Gasteiger charge is 2.42. The fraction of sp³-hybridized carbons (Fsp3) is 0.750. The van der Waals surface area contributed by atoms with Gasteiger partial charge in [0.2, 0.25) is 0 Å². The van der Waals surface area contributed by atoms with E-state index in [0.717, 1.165) is 6.54 Å². The largest absolute Gasteiger partial charge is 0.319 e. The normalized spacial score (nSPS) is 18.4. The molecule has 1 aromatic heterocycles. The number of nitrogens with one attached hydrogen (secondary N) is 1. The minimum Gasteiger partial charge on any atom is -0.319 e. The monoisotopic (exact) mass is 224 g/mol. The first kappa shape index (κ1) is 11.1. The molecule has 1 saturated carbocycles. The lowest BCUT2D eigenvalue weighted by molar-refractivity contribution is 0.476. The summed E-state index contributed by atoms with van der Waals surface area (Å²) >= 11 is 1.83. The molecule has 0 amide bonds. The van der Waals surface area contributed by atoms with E-state index in [1.165, 1.54) is 30.0 Å². The van der Waals surface area contributed by atoms with Crippen LogP contribution in [0.25, 0.3) is 0 Å². The Kier molecular flexibility index (Phi) is 3.12. The van der Waals surface area contributed by atoms with Crippen molar-refractivity contribution < 1.29 is 0 Å². The molecule has 0 atom stereocenters. The van der Waals surface area contributed by atoms with Crippen LogP contribution in [0, 0.1) is 5.41 Å². The summed E-state index contributed by atoms with van der Waals surface area (Å²) in [6.45, 7) is 5.56. The molecule has 1 aromatic rings. The highest BCUT2D eigenvalue weighted by molar-refractivity contribution is 7.09. The minimum atomic E-state index is 0.543. The fourth-order valence-electron chi connectivity index (χ4n) is 1.96. The lowest BCUT2D eigenvalue weighted by Gasteiger charge is -2.11. The van der Waals surface area contributed by atoms with Crippen LogP contribution in [-0.4, -0.2) is 18.6 Å². The predicted molar refractivity (Wildman–Crippen MR) is 65.5 cm³/mol. The van der Waals surface area contributed by atoms with Crippen molar-refractivity contribution in [3.63, 3.8) is 0 Å². The van der Waals surface area contributed by atoms with Gasteiger partial charge in [0.15, 0.2) is 0 Å². The lowest BCUT2D eigenvalue weighted by atomic mass is 10.0. The summed E-state index contributed by atoms with van der Waals surface area (Å²) < 4.78 is 0. The lowest BCUT2D eigenvalue weighted by Crippen LogP contribution is -2.21. The van der Waals surface area contributed by atoms with Gasteiger partial charge in [-0.3, -0.25) is 0 Å². The number of thiazole rings is 1. The van der Waals surface area contributed by atoms with Gasteiger partial charge in [0.05, 0.1) is 10.7 Å². The van der Waals surface area contributed by atoms with Crippen molar-refractivity contribution in [3.05, 3.63) is 16.1 Å². The number of hydrogen-bond acceptors (Lipinski definition) is 3. The van der Waals surface area contributed by atoms with Crippen LogP contribution in [0.15, 0.2) is 5.38 Å². The average Bonchev–Trinajstić information content (AvgIpc) is 2.77. The summed E-state index contributed by atoms with van der Waals surface area (Å²) in [6.07, 6.45) is 3.90. The first-order valence-electron chi connectivity index (χ1n) is 5.74. The maximum atomic E-state index is 4.71. The third kappa shape index (κ3) is 2.58. The Labute approximate surface area is 96.1 Å². The van der Waals surface area contributed by atoms with Crippen molar-refractivity contribution in [2.45, 2.75) is 39.0 Å². The van der Waals surface area contributed by atoms with Crippen LogP contribution in [0.3, 0.4) is 0 Å². The highest BCUT2D eigenvalue weighted by atomic mass is 32.1. The van der Waals surface area contributed by atoms with Crippen molar-refractivity contribution >= 4 is 11.3 Å². The standard InChI is InChI=1S/C12H20N2S/c1-9(2)10-7-15-11(14-10)6-12(4-5-12)8-13-3/h7,9,13H,4-6,8H2,1-3H3. The second-order valence-corrected chi connectivity index (χ2v) is 5.97. The molecule has 2 nitrogen and oxygen atoms in total. The number of rotatable bonds is 5. The van der Waals surface area contributed by atoms with E-state index in [-0.39, 0.29) is 0 Å². The van der Waals surface area contributed by atoms with E-state index >= 15 is 0 Å². The molecule has 0 aliphatic heterocycles. The summed E-state index contributed by atoms with van der Waals surface area (Å²) in [5.74, 6) is 0.564. The third-order valence-corrected chi connectivity index (χ3v) is 4.06. The molecule has 0 unspecified atom stereocenters. The van der Waals surface area contributed by atoms with Gasteiger partial charge in [0, 0.05) is 18.3 Å². The Bertz CT molecular complexity index is 326. The van der Waals surface area contributed by atoms with Gasteiger partial charge in [-0.25, -0.2) is 4.98 Å². The van der Waals surface area contributed by atoms with Gasteiger partial charge in [-0.2, -0.15) is 0 Å². The van der Waals surface area contributed by atoms with Crippen molar-refractivity contribution in [1.29, 1.82) is 0 Å². The first-order chi connectivity index (χ1) is 7.15. The van der Waals surface area contributed by atoms with Gasteiger partial charge in [0.25, 0.3) is 0 Å². The summed E-state index contributed by atoms with van der Waals surface area (Å²) in [4.78, 5) is 4.71. The average molecular weight is 224 g/mol. The Morgan fingerprint density at radius 2 is 2.27 bits per heavy atom. The minimum absolute atomic E-state index is 0.543. The van der Waals surface area contributed by atoms with Crippen LogP contribution in [0.2, 0.25) is 0 Å². The van der Waals surface area contributed by atoms with Crippen molar-refractivity contribution in [2.24, 2.45) is 5.41 Å². The van der Waals surface area contributed by atoms with Crippen LogP contribution < -0.4 is 5.32 Å². The Balaban J connectivity index is 1.99. The molecule has 0 saturated heterocycles. The molecule has 0 aromatic carbocycles. The van der Waals surface area contributed by atoms with Crippen molar-refractivity contribution in [1.82, 2.24) is 10.3 Å². The second-order valence-electron chi connectivity index (χ2n) is 5.03. The van der Waals surface area contributed by atoms with Crippen LogP contribution in [0.1, 0.15) is 43.3 Å². The molecule has 3 heteroatoms. The van der Waals surface area contributed by atoms with E-state index < -0.39 is 0 Å². The Hall–Kier alpha value is -0.410. The molecule has 0 bridgehead atoms. The van der Waals surface area contributed by atoms with E-state index in [2.05, 4.69) is 24.5 Å². The van der Waals surface area contributed by atoms with Crippen LogP contribution in [-0.2, 0) is 6.42 Å². The molecule has 1 fully saturated rings. The molecule has 1 N–H and O–H groups in total. The zero-order valence-electron chi connectivity index (χ0n) is 9.84. The second kappa shape index (κ2) is 4.22. The van der Waals surface area contributed by atoms with Crippen molar-refractivity contribution in [3.8, 4) is 0 Å². The highest BCUT2D eigenvalue weighted by Crippen LogP contribution is 2.48. The molecule has 15 heavy (non-hydrogen) atoms. The summed E-state index contributed by atoms with van der Waals surface area (Å²) in [5, 5.41) is 6.84. The SMILES string of the molecule is CNCC1(Cc2nc(C(C)C)cs2)CC1. The summed E-state index contributed by atoms with van der Waals surface area (Å²) in [6, 6.07) is 0. The third-order valence-electron chi connectivity index (χ3n) is 3.20. The topological polar surface area (TPSA) is 24.9 Å². The van der Waals surface area contributed by atoms with Gasteiger partial charge < -0.3 is 5.32 Å². The van der Waals surface area contributed by atoms with Gasteiger partial charge >= 0.3 is 0 Å². The zero-order valence-corrected chi connectivity index (χ0v) is 10.7. The smallest absolute Gasteiger partial charge is 0.0934 e. The molecule has 0 radical (unpaired) electrons. The molecular weight excluding hydrogens is 204 g/mol. The molecule has 0 spiro atoms. The zero-order chi connectivity index (χ0) is 10.9. The maximum Gasteiger partial charge on any atom is 0.0934 e. The predicted octanol–water partition coefficient (Wildman–Crippen LogP) is 2.81. The van der Waals surface area contributed by atoms with E-state index in [1.807, 2.05) is 18.4 Å². The van der Waals surface area contributed by atoms with Gasteiger partial charge in [-0.15, -0.1) is 11.3 Å².